The topological polar surface area (TPSA) is 52.6 Å². The van der Waals surface area contributed by atoms with Crippen molar-refractivity contribution < 1.29 is 4.79 Å². The highest BCUT2D eigenvalue weighted by molar-refractivity contribution is 5.74. The van der Waals surface area contributed by atoms with Gasteiger partial charge in [-0.25, -0.2) is 9.97 Å². The van der Waals surface area contributed by atoms with Crippen molar-refractivity contribution in [3.63, 3.8) is 0 Å². The predicted octanol–water partition coefficient (Wildman–Crippen LogP) is 0.871. The van der Waals surface area contributed by atoms with Crippen molar-refractivity contribution in [2.75, 3.05) is 45.2 Å². The number of aryl methyl sites for hydroxylation is 1. The Hall–Kier alpha value is -1.69. The minimum absolute atomic E-state index is 0.137. The van der Waals surface area contributed by atoms with Crippen LogP contribution in [0.5, 0.6) is 0 Å². The third kappa shape index (κ3) is 2.92. The van der Waals surface area contributed by atoms with Gasteiger partial charge in [-0.15, -0.1) is 0 Å². The van der Waals surface area contributed by atoms with E-state index in [0.717, 1.165) is 43.5 Å². The molecule has 3 rings (SSSR count). The van der Waals surface area contributed by atoms with Crippen molar-refractivity contribution in [3.8, 4) is 0 Å². The molecule has 1 aromatic heterocycles. The zero-order valence-corrected chi connectivity index (χ0v) is 13.9. The molecule has 120 valence electrons. The van der Waals surface area contributed by atoms with E-state index in [2.05, 4.69) is 34.9 Å². The van der Waals surface area contributed by atoms with E-state index >= 15 is 0 Å². The maximum atomic E-state index is 11.3. The lowest BCUT2D eigenvalue weighted by molar-refractivity contribution is -0.133. The Morgan fingerprint density at radius 2 is 2.00 bits per heavy atom. The average molecular weight is 303 g/mol. The van der Waals surface area contributed by atoms with Crippen molar-refractivity contribution in [1.82, 2.24) is 19.8 Å². The number of rotatable bonds is 3. The summed E-state index contributed by atoms with van der Waals surface area (Å²) in [4.78, 5) is 27.2. The van der Waals surface area contributed by atoms with E-state index in [9.17, 15) is 4.79 Å². The summed E-state index contributed by atoms with van der Waals surface area (Å²) in [6, 6.07) is 2.67. The number of likely N-dealkylation sites (tertiary alicyclic amines) is 1. The highest BCUT2D eigenvalue weighted by Gasteiger charge is 2.33. The van der Waals surface area contributed by atoms with Crippen molar-refractivity contribution in [3.05, 3.63) is 17.6 Å². The average Bonchev–Trinajstić information content (AvgIpc) is 2.85. The monoisotopic (exact) mass is 303 g/mol. The number of carbonyl (C=O) groups is 1. The zero-order chi connectivity index (χ0) is 15.9. The standard InChI is InChI=1S/C16H25N5O/c1-11-7-15(20-6-5-14(10-20)19(3)4)18-16(17-11)13-8-21(9-13)12(2)22/h7,13-14H,5-6,8-10H2,1-4H3/t14-/m1/s1. The van der Waals surface area contributed by atoms with Crippen LogP contribution in [-0.2, 0) is 4.79 Å². The summed E-state index contributed by atoms with van der Waals surface area (Å²) in [5.41, 5.74) is 1.01. The first kappa shape index (κ1) is 15.2. The highest BCUT2D eigenvalue weighted by atomic mass is 16.2. The summed E-state index contributed by atoms with van der Waals surface area (Å²) in [6.45, 7) is 7.20. The molecule has 0 spiro atoms. The van der Waals surface area contributed by atoms with Crippen LogP contribution < -0.4 is 4.90 Å². The number of nitrogens with zero attached hydrogens (tertiary/aromatic N) is 5. The summed E-state index contributed by atoms with van der Waals surface area (Å²) < 4.78 is 0. The molecule has 1 atom stereocenters. The summed E-state index contributed by atoms with van der Waals surface area (Å²) in [5.74, 6) is 2.35. The number of hydrogen-bond acceptors (Lipinski definition) is 5. The van der Waals surface area contributed by atoms with Gasteiger partial charge in [-0.05, 0) is 27.4 Å². The van der Waals surface area contributed by atoms with Crippen molar-refractivity contribution in [1.29, 1.82) is 0 Å². The van der Waals surface area contributed by atoms with Gasteiger partial charge in [0.05, 0.1) is 5.92 Å². The Balaban J connectivity index is 1.73. The summed E-state index contributed by atoms with van der Waals surface area (Å²) >= 11 is 0. The molecule has 2 aliphatic heterocycles. The fourth-order valence-corrected chi connectivity index (χ4v) is 3.19. The molecule has 2 aliphatic rings. The van der Waals surface area contributed by atoms with Crippen molar-refractivity contribution >= 4 is 11.7 Å². The molecule has 2 fully saturated rings. The molecule has 0 N–H and O–H groups in total. The van der Waals surface area contributed by atoms with E-state index in [1.165, 1.54) is 6.42 Å². The first-order valence-corrected chi connectivity index (χ1v) is 7.96. The van der Waals surface area contributed by atoms with Gasteiger partial charge in [-0.2, -0.15) is 0 Å². The molecule has 2 saturated heterocycles. The van der Waals surface area contributed by atoms with E-state index in [1.54, 1.807) is 6.92 Å². The molecule has 0 aliphatic carbocycles. The zero-order valence-electron chi connectivity index (χ0n) is 13.9. The molecule has 0 radical (unpaired) electrons. The van der Waals surface area contributed by atoms with Gasteiger partial charge in [-0.3, -0.25) is 4.79 Å². The maximum Gasteiger partial charge on any atom is 0.219 e. The van der Waals surface area contributed by atoms with E-state index in [1.807, 2.05) is 11.8 Å². The van der Waals surface area contributed by atoms with Gasteiger partial charge in [0.1, 0.15) is 11.6 Å². The minimum Gasteiger partial charge on any atom is -0.355 e. The third-order valence-electron chi connectivity index (χ3n) is 4.77. The summed E-state index contributed by atoms with van der Waals surface area (Å²) in [7, 11) is 4.27. The number of amides is 1. The second-order valence-electron chi connectivity index (χ2n) is 6.70. The molecular weight excluding hydrogens is 278 g/mol. The number of aromatic nitrogens is 2. The second kappa shape index (κ2) is 5.83. The lowest BCUT2D eigenvalue weighted by atomic mass is 9.99. The van der Waals surface area contributed by atoms with Crippen LogP contribution in [0.15, 0.2) is 6.07 Å². The van der Waals surface area contributed by atoms with Gasteiger partial charge in [0.25, 0.3) is 0 Å². The molecule has 6 heteroatoms. The van der Waals surface area contributed by atoms with Gasteiger partial charge >= 0.3 is 0 Å². The molecule has 0 aromatic carbocycles. The van der Waals surface area contributed by atoms with Crippen molar-refractivity contribution in [2.24, 2.45) is 0 Å². The largest absolute Gasteiger partial charge is 0.355 e. The summed E-state index contributed by atoms with van der Waals surface area (Å²) in [5, 5.41) is 0. The number of hydrogen-bond donors (Lipinski definition) is 0. The predicted molar refractivity (Wildman–Crippen MR) is 86.1 cm³/mol. The maximum absolute atomic E-state index is 11.3. The molecule has 6 nitrogen and oxygen atoms in total. The van der Waals surface area contributed by atoms with Gasteiger partial charge in [-0.1, -0.05) is 0 Å². The molecule has 1 aromatic rings. The van der Waals surface area contributed by atoms with Gasteiger partial charge in [0, 0.05) is 50.9 Å². The van der Waals surface area contributed by atoms with Gasteiger partial charge in [0.15, 0.2) is 0 Å². The van der Waals surface area contributed by atoms with Crippen LogP contribution in [0.25, 0.3) is 0 Å². The van der Waals surface area contributed by atoms with E-state index in [-0.39, 0.29) is 11.8 Å². The van der Waals surface area contributed by atoms with Crippen LogP contribution in [0.3, 0.4) is 0 Å². The van der Waals surface area contributed by atoms with Crippen molar-refractivity contribution in [2.45, 2.75) is 32.2 Å². The van der Waals surface area contributed by atoms with E-state index in [4.69, 9.17) is 4.98 Å². The number of likely N-dealkylation sites (N-methyl/N-ethyl adjacent to an activating group) is 1. The summed E-state index contributed by atoms with van der Waals surface area (Å²) in [6.07, 6.45) is 1.17. The number of carbonyl (C=O) groups excluding carboxylic acids is 1. The van der Waals surface area contributed by atoms with Crippen LogP contribution in [0.1, 0.15) is 30.8 Å². The smallest absolute Gasteiger partial charge is 0.219 e. The van der Waals surface area contributed by atoms with Gasteiger partial charge in [0.2, 0.25) is 5.91 Å². The van der Waals surface area contributed by atoms with Crippen LogP contribution in [0.4, 0.5) is 5.82 Å². The Morgan fingerprint density at radius 1 is 1.27 bits per heavy atom. The van der Waals surface area contributed by atoms with Crippen LogP contribution in [-0.4, -0.2) is 72.0 Å². The fraction of sp³-hybridized carbons (Fsp3) is 0.688. The SMILES string of the molecule is CC(=O)N1CC(c2nc(C)cc(N3CC[C@@H](N(C)C)C3)n2)C1. The molecule has 3 heterocycles. The molecule has 22 heavy (non-hydrogen) atoms. The van der Waals surface area contributed by atoms with E-state index < -0.39 is 0 Å². The van der Waals surface area contributed by atoms with Crippen LogP contribution in [0.2, 0.25) is 0 Å². The fourth-order valence-electron chi connectivity index (χ4n) is 3.19. The molecular formula is C16H25N5O. The molecule has 1 amide bonds. The normalized spacial score (nSPS) is 22.3. The van der Waals surface area contributed by atoms with Gasteiger partial charge < -0.3 is 14.7 Å². The lowest BCUT2D eigenvalue weighted by Crippen LogP contribution is -2.48. The Labute approximate surface area is 132 Å². The lowest BCUT2D eigenvalue weighted by Gasteiger charge is -2.37. The Morgan fingerprint density at radius 3 is 2.59 bits per heavy atom. The quantitative estimate of drug-likeness (QED) is 0.829. The Bertz CT molecular complexity index is 568. The number of anilines is 1. The minimum atomic E-state index is 0.137. The molecule has 0 saturated carbocycles. The van der Waals surface area contributed by atoms with Crippen LogP contribution >= 0.6 is 0 Å². The second-order valence-corrected chi connectivity index (χ2v) is 6.70. The molecule has 0 bridgehead atoms. The highest BCUT2D eigenvalue weighted by Crippen LogP contribution is 2.27. The van der Waals surface area contributed by atoms with E-state index in [0.29, 0.717) is 6.04 Å². The van der Waals surface area contributed by atoms with Crippen LogP contribution in [0, 0.1) is 6.92 Å². The Kier molecular flexibility index (Phi) is 4.04. The first-order chi connectivity index (χ1) is 10.4. The molecule has 0 unspecified atom stereocenters. The third-order valence-corrected chi connectivity index (χ3v) is 4.77. The first-order valence-electron chi connectivity index (χ1n) is 7.96.